The molecule has 0 radical (unpaired) electrons. The summed E-state index contributed by atoms with van der Waals surface area (Å²) in [7, 11) is 0. The first-order valence-corrected chi connectivity index (χ1v) is 11.9. The predicted octanol–water partition coefficient (Wildman–Crippen LogP) is 5.52. The number of hydrogen-bond donors (Lipinski definition) is 1. The van der Waals surface area contributed by atoms with Gasteiger partial charge in [-0.25, -0.2) is 0 Å². The van der Waals surface area contributed by atoms with Crippen molar-refractivity contribution in [2.24, 2.45) is 5.41 Å². The van der Waals surface area contributed by atoms with Crippen molar-refractivity contribution in [3.63, 3.8) is 0 Å². The lowest BCUT2D eigenvalue weighted by molar-refractivity contribution is -0.190. The molecule has 2 saturated heterocycles. The molecule has 2 saturated carbocycles. The van der Waals surface area contributed by atoms with Gasteiger partial charge in [-0.1, -0.05) is 35.8 Å². The van der Waals surface area contributed by atoms with Crippen LogP contribution in [0.2, 0.25) is 0 Å². The molecule has 33 heavy (non-hydrogen) atoms. The van der Waals surface area contributed by atoms with Crippen LogP contribution >= 0.6 is 0 Å². The van der Waals surface area contributed by atoms with Gasteiger partial charge in [0.1, 0.15) is 6.29 Å². The monoisotopic (exact) mass is 444 g/mol. The molecular weight excluding hydrogens is 416 g/mol. The van der Waals surface area contributed by atoms with E-state index in [0.29, 0.717) is 25.0 Å². The Hall–Kier alpha value is -3.06. The molecular formula is C26H28N4O3. The van der Waals surface area contributed by atoms with Gasteiger partial charge in [0.05, 0.1) is 29.8 Å². The van der Waals surface area contributed by atoms with E-state index >= 15 is 0 Å². The highest BCUT2D eigenvalue weighted by Crippen LogP contribution is 2.54. The number of ether oxygens (including phenoxy) is 1. The number of aldehydes is 1. The van der Waals surface area contributed by atoms with Gasteiger partial charge in [-0.15, -0.1) is 5.10 Å². The number of pyridine rings is 1. The smallest absolute Gasteiger partial charge is 0.320 e. The number of hydrogen-bond acceptors (Lipinski definition) is 7. The normalized spacial score (nSPS) is 26.7. The van der Waals surface area contributed by atoms with Crippen molar-refractivity contribution in [3.8, 4) is 11.3 Å². The molecule has 2 aliphatic heterocycles. The van der Waals surface area contributed by atoms with Crippen molar-refractivity contribution in [3.05, 3.63) is 54.0 Å². The number of rotatable bonds is 7. The molecule has 2 aromatic heterocycles. The van der Waals surface area contributed by atoms with Crippen molar-refractivity contribution in [2.75, 3.05) is 11.9 Å². The van der Waals surface area contributed by atoms with Crippen LogP contribution in [0.25, 0.3) is 11.3 Å². The third kappa shape index (κ3) is 3.74. The highest BCUT2D eigenvalue weighted by atomic mass is 16.5. The molecule has 1 N–H and O–H groups in total. The second-order valence-electron chi connectivity index (χ2n) is 9.86. The van der Waals surface area contributed by atoms with Gasteiger partial charge in [-0.05, 0) is 56.2 Å². The van der Waals surface area contributed by atoms with E-state index in [2.05, 4.69) is 44.8 Å². The number of benzene rings is 1. The average molecular weight is 445 g/mol. The zero-order valence-electron chi connectivity index (χ0n) is 18.6. The van der Waals surface area contributed by atoms with Crippen LogP contribution in [0.1, 0.15) is 68.7 Å². The number of carbonyl (C=O) groups excluding carboxylic acids is 1. The number of anilines is 2. The summed E-state index contributed by atoms with van der Waals surface area (Å²) < 4.78 is 12.1. The maximum atomic E-state index is 11.1. The van der Waals surface area contributed by atoms with Gasteiger partial charge in [0.25, 0.3) is 0 Å². The summed E-state index contributed by atoms with van der Waals surface area (Å²) in [6, 6.07) is 12.9. The highest BCUT2D eigenvalue weighted by molar-refractivity contribution is 5.63. The maximum Gasteiger partial charge on any atom is 0.320 e. The van der Waals surface area contributed by atoms with E-state index in [9.17, 15) is 4.79 Å². The van der Waals surface area contributed by atoms with Gasteiger partial charge in [0.2, 0.25) is 5.89 Å². The fourth-order valence-electron chi connectivity index (χ4n) is 5.39. The molecule has 2 aliphatic carbocycles. The lowest BCUT2D eigenvalue weighted by Crippen LogP contribution is -2.49. The first-order valence-electron chi connectivity index (χ1n) is 11.9. The summed E-state index contributed by atoms with van der Waals surface area (Å²) in [5.74, 6) is 1.14. The van der Waals surface area contributed by atoms with Crippen LogP contribution in [0.4, 0.5) is 11.7 Å². The summed E-state index contributed by atoms with van der Waals surface area (Å²) >= 11 is 0. The quantitative estimate of drug-likeness (QED) is 0.480. The molecule has 4 fully saturated rings. The molecule has 4 aliphatic rings. The molecule has 0 spiro atoms. The topological polar surface area (TPSA) is 90.1 Å². The first-order chi connectivity index (χ1) is 16.2. The summed E-state index contributed by atoms with van der Waals surface area (Å²) in [5, 5.41) is 11.4. The van der Waals surface area contributed by atoms with E-state index in [-0.39, 0.29) is 11.0 Å². The number of carbonyl (C=O) groups is 1. The van der Waals surface area contributed by atoms with E-state index < -0.39 is 0 Å². The van der Waals surface area contributed by atoms with Crippen LogP contribution in [0.3, 0.4) is 0 Å². The molecule has 170 valence electrons. The van der Waals surface area contributed by atoms with Crippen LogP contribution in [0.5, 0.6) is 0 Å². The third-order valence-corrected chi connectivity index (χ3v) is 7.91. The molecule has 0 atom stereocenters. The Labute approximate surface area is 193 Å². The zero-order chi connectivity index (χ0) is 22.3. The van der Waals surface area contributed by atoms with E-state index in [0.717, 1.165) is 67.6 Å². The van der Waals surface area contributed by atoms with Crippen molar-refractivity contribution in [2.45, 2.75) is 62.9 Å². The van der Waals surface area contributed by atoms with Crippen molar-refractivity contribution in [1.82, 2.24) is 15.2 Å². The molecule has 1 aromatic carbocycles. The Morgan fingerprint density at radius 2 is 1.85 bits per heavy atom. The number of nitrogens with one attached hydrogen (secondary N) is 1. The largest absolute Gasteiger partial charge is 0.408 e. The molecule has 2 bridgehead atoms. The summed E-state index contributed by atoms with van der Waals surface area (Å²) in [5.41, 5.74) is 3.88. The minimum atomic E-state index is -0.202. The SMILES string of the molecule is O=CCC12CCC(c3ccc(-c4ccc(Nc5nnc(C6CCC6)o5)cn4)cc3)(CC1)OC2. The zero-order valence-corrected chi connectivity index (χ0v) is 18.6. The standard InChI is InChI=1S/C26H28N4O3/c31-15-14-25-10-12-26(13-11-25,32-17-25)20-6-4-18(5-7-20)22-9-8-21(16-27-22)28-24-30-29-23(33-24)19-2-1-3-19/h4-9,15-16,19H,1-3,10-14,17H2,(H,28,30). The molecule has 7 rings (SSSR count). The van der Waals surface area contributed by atoms with E-state index in [1.54, 1.807) is 6.20 Å². The molecule has 4 heterocycles. The average Bonchev–Trinajstić information content (AvgIpc) is 3.27. The van der Waals surface area contributed by atoms with Gasteiger partial charge < -0.3 is 19.3 Å². The Kier molecular flexibility index (Phi) is 5.02. The molecule has 0 unspecified atom stereocenters. The van der Waals surface area contributed by atoms with E-state index in [1.165, 1.54) is 12.0 Å². The fourth-order valence-corrected chi connectivity index (χ4v) is 5.39. The Morgan fingerprint density at radius 1 is 1.03 bits per heavy atom. The Bertz CT molecular complexity index is 1110. The van der Waals surface area contributed by atoms with Crippen LogP contribution in [-0.4, -0.2) is 28.1 Å². The first kappa shape index (κ1) is 20.5. The summed E-state index contributed by atoms with van der Waals surface area (Å²) in [6.07, 6.45) is 11.0. The van der Waals surface area contributed by atoms with Crippen molar-refractivity contribution >= 4 is 18.0 Å². The van der Waals surface area contributed by atoms with Gasteiger partial charge >= 0.3 is 6.01 Å². The predicted molar refractivity (Wildman–Crippen MR) is 123 cm³/mol. The molecule has 3 aromatic rings. The fraction of sp³-hybridized carbons (Fsp3) is 0.462. The lowest BCUT2D eigenvalue weighted by atomic mass is 9.63. The van der Waals surface area contributed by atoms with Crippen LogP contribution in [0, 0.1) is 5.41 Å². The Morgan fingerprint density at radius 3 is 2.45 bits per heavy atom. The van der Waals surface area contributed by atoms with Crippen molar-refractivity contribution < 1.29 is 13.9 Å². The number of aromatic nitrogens is 3. The third-order valence-electron chi connectivity index (χ3n) is 7.91. The summed E-state index contributed by atoms with van der Waals surface area (Å²) in [4.78, 5) is 15.7. The van der Waals surface area contributed by atoms with Gasteiger partial charge in [-0.2, -0.15) is 0 Å². The van der Waals surface area contributed by atoms with E-state index in [4.69, 9.17) is 9.15 Å². The van der Waals surface area contributed by atoms with Crippen LogP contribution in [-0.2, 0) is 15.1 Å². The number of fused-ring (bicyclic) bond motifs is 3. The molecule has 7 heteroatoms. The lowest BCUT2D eigenvalue weighted by Gasteiger charge is -2.53. The molecule has 7 nitrogen and oxygen atoms in total. The second kappa shape index (κ2) is 8.06. The van der Waals surface area contributed by atoms with Gasteiger partial charge in [0.15, 0.2) is 0 Å². The highest BCUT2D eigenvalue weighted by Gasteiger charge is 2.50. The van der Waals surface area contributed by atoms with Gasteiger partial charge in [-0.3, -0.25) is 4.98 Å². The Balaban J connectivity index is 1.12. The summed E-state index contributed by atoms with van der Waals surface area (Å²) in [6.45, 7) is 0.686. The molecule has 0 amide bonds. The van der Waals surface area contributed by atoms with Crippen LogP contribution < -0.4 is 5.32 Å². The minimum absolute atomic E-state index is 0.0726. The van der Waals surface area contributed by atoms with Crippen molar-refractivity contribution in [1.29, 1.82) is 0 Å². The van der Waals surface area contributed by atoms with Crippen LogP contribution in [0.15, 0.2) is 47.0 Å². The minimum Gasteiger partial charge on any atom is -0.408 e. The number of nitrogens with zero attached hydrogens (tertiary/aromatic N) is 3. The van der Waals surface area contributed by atoms with Gasteiger partial charge in [0, 0.05) is 23.3 Å². The second-order valence-corrected chi connectivity index (χ2v) is 9.86. The maximum absolute atomic E-state index is 11.1. The van der Waals surface area contributed by atoms with E-state index in [1.807, 2.05) is 12.1 Å².